The van der Waals surface area contributed by atoms with Crippen LogP contribution in [0.4, 0.5) is 14.6 Å². The van der Waals surface area contributed by atoms with Gasteiger partial charge in [-0.25, -0.2) is 18.7 Å². The van der Waals surface area contributed by atoms with Gasteiger partial charge in [-0.1, -0.05) is 23.7 Å². The monoisotopic (exact) mass is 379 g/mol. The summed E-state index contributed by atoms with van der Waals surface area (Å²) in [6, 6.07) is 8.60. The van der Waals surface area contributed by atoms with Gasteiger partial charge < -0.3 is 9.64 Å². The first-order valence-corrected chi connectivity index (χ1v) is 8.57. The number of nitrogens with zero attached hydrogens (tertiary/aromatic N) is 5. The molecule has 4 rings (SSSR count). The van der Waals surface area contributed by atoms with Crippen LogP contribution in [0.2, 0.25) is 5.15 Å². The number of anilines is 1. The zero-order chi connectivity index (χ0) is 18.3. The predicted molar refractivity (Wildman–Crippen MR) is 94.3 cm³/mol. The summed E-state index contributed by atoms with van der Waals surface area (Å²) in [5.74, 6) is 0.249. The quantitative estimate of drug-likeness (QED) is 0.650. The number of ether oxygens (including phenoxy) is 1. The highest BCUT2D eigenvalue weighted by Crippen LogP contribution is 2.28. The molecule has 1 aliphatic heterocycles. The van der Waals surface area contributed by atoms with Crippen molar-refractivity contribution in [3.63, 3.8) is 0 Å². The number of para-hydroxylation sites is 2. The summed E-state index contributed by atoms with van der Waals surface area (Å²) >= 11 is 6.19. The minimum atomic E-state index is -2.77. The number of benzene rings is 1. The second kappa shape index (κ2) is 6.77. The molecule has 1 aliphatic rings. The van der Waals surface area contributed by atoms with Crippen LogP contribution in [0.3, 0.4) is 0 Å². The van der Waals surface area contributed by atoms with Crippen molar-refractivity contribution in [3.05, 3.63) is 41.3 Å². The second-order valence-corrected chi connectivity index (χ2v) is 6.45. The maximum Gasteiger partial charge on any atom is 0.296 e. The molecule has 2 aromatic heterocycles. The average molecular weight is 380 g/mol. The van der Waals surface area contributed by atoms with Gasteiger partial charge in [-0.05, 0) is 19.1 Å². The van der Waals surface area contributed by atoms with Crippen molar-refractivity contribution >= 4 is 28.5 Å². The van der Waals surface area contributed by atoms with Crippen LogP contribution in [0.5, 0.6) is 0 Å². The van der Waals surface area contributed by atoms with Gasteiger partial charge in [0.05, 0.1) is 30.3 Å². The number of imidazole rings is 1. The average Bonchev–Trinajstić information content (AvgIpc) is 3.01. The predicted octanol–water partition coefficient (Wildman–Crippen LogP) is 3.63. The fourth-order valence-corrected chi connectivity index (χ4v) is 3.28. The molecule has 0 bridgehead atoms. The van der Waals surface area contributed by atoms with E-state index >= 15 is 0 Å². The summed E-state index contributed by atoms with van der Waals surface area (Å²) in [7, 11) is 0. The maximum absolute atomic E-state index is 13.6. The highest BCUT2D eigenvalue weighted by molar-refractivity contribution is 6.29. The van der Waals surface area contributed by atoms with Gasteiger partial charge in [-0.15, -0.1) is 0 Å². The van der Waals surface area contributed by atoms with E-state index in [-0.39, 0.29) is 17.1 Å². The van der Waals surface area contributed by atoms with Gasteiger partial charge in [-0.2, -0.15) is 4.98 Å². The number of aromatic nitrogens is 4. The molecule has 1 aromatic carbocycles. The highest BCUT2D eigenvalue weighted by Gasteiger charge is 2.25. The molecule has 3 aromatic rings. The number of halogens is 3. The number of morpholine rings is 1. The number of alkyl halides is 2. The van der Waals surface area contributed by atoms with E-state index in [2.05, 4.69) is 15.0 Å². The van der Waals surface area contributed by atoms with Crippen molar-refractivity contribution < 1.29 is 13.5 Å². The van der Waals surface area contributed by atoms with Crippen LogP contribution in [-0.4, -0.2) is 45.3 Å². The summed E-state index contributed by atoms with van der Waals surface area (Å²) in [5.41, 5.74) is 0.957. The minimum Gasteiger partial charge on any atom is -0.377 e. The van der Waals surface area contributed by atoms with Gasteiger partial charge >= 0.3 is 0 Å². The lowest BCUT2D eigenvalue weighted by Crippen LogP contribution is -2.44. The van der Waals surface area contributed by atoms with Crippen molar-refractivity contribution in [2.24, 2.45) is 0 Å². The van der Waals surface area contributed by atoms with E-state index < -0.39 is 12.2 Å². The van der Waals surface area contributed by atoms with Crippen LogP contribution >= 0.6 is 11.6 Å². The molecule has 1 fully saturated rings. The third-order valence-electron chi connectivity index (χ3n) is 4.31. The molecule has 0 amide bonds. The Kier molecular flexibility index (Phi) is 4.46. The lowest BCUT2D eigenvalue weighted by atomic mass is 10.2. The number of hydrogen-bond donors (Lipinski definition) is 0. The van der Waals surface area contributed by atoms with Crippen LogP contribution in [-0.2, 0) is 4.74 Å². The minimum absolute atomic E-state index is 0.0789. The molecular weight excluding hydrogens is 364 g/mol. The van der Waals surface area contributed by atoms with Gasteiger partial charge in [-0.3, -0.25) is 4.57 Å². The van der Waals surface area contributed by atoms with Crippen molar-refractivity contribution in [1.82, 2.24) is 19.5 Å². The normalized spacial score (nSPS) is 18.0. The zero-order valence-electron chi connectivity index (χ0n) is 13.9. The molecule has 0 aliphatic carbocycles. The lowest BCUT2D eigenvalue weighted by Gasteiger charge is -2.34. The molecule has 3 heterocycles. The Morgan fingerprint density at radius 2 is 2.04 bits per heavy atom. The van der Waals surface area contributed by atoms with Crippen LogP contribution in [0.1, 0.15) is 19.2 Å². The molecule has 0 radical (unpaired) electrons. The Morgan fingerprint density at radius 1 is 1.23 bits per heavy atom. The molecular formula is C17H16ClF2N5O. The van der Waals surface area contributed by atoms with Crippen LogP contribution in [0.25, 0.3) is 17.0 Å². The van der Waals surface area contributed by atoms with Gasteiger partial charge in [0.2, 0.25) is 5.95 Å². The van der Waals surface area contributed by atoms with E-state index in [1.165, 1.54) is 4.57 Å². The van der Waals surface area contributed by atoms with Crippen molar-refractivity contribution in [1.29, 1.82) is 0 Å². The summed E-state index contributed by atoms with van der Waals surface area (Å²) in [5, 5.41) is 0.182. The van der Waals surface area contributed by atoms with Gasteiger partial charge in [0.1, 0.15) is 11.0 Å². The highest BCUT2D eigenvalue weighted by atomic mass is 35.5. The third kappa shape index (κ3) is 2.99. The molecule has 6 nitrogen and oxygen atoms in total. The van der Waals surface area contributed by atoms with Crippen molar-refractivity contribution in [2.45, 2.75) is 19.4 Å². The first-order valence-electron chi connectivity index (χ1n) is 8.19. The van der Waals surface area contributed by atoms with Gasteiger partial charge in [0, 0.05) is 12.6 Å². The first-order chi connectivity index (χ1) is 12.5. The standard InChI is InChI=1S/C17H16ClF2N5O/c1-10-9-26-7-6-24(10)14-8-13(18)22-17(23-14)25-12-5-3-2-4-11(12)21-16(25)15(19)20/h2-5,8,10,15H,6-7,9H2,1H3/t10-/m0/s1. The van der Waals surface area contributed by atoms with E-state index in [0.29, 0.717) is 36.6 Å². The van der Waals surface area contributed by atoms with E-state index in [0.717, 1.165) is 0 Å². The number of rotatable bonds is 3. The Morgan fingerprint density at radius 3 is 2.81 bits per heavy atom. The molecule has 136 valence electrons. The Bertz CT molecular complexity index is 948. The summed E-state index contributed by atoms with van der Waals surface area (Å²) in [4.78, 5) is 14.7. The van der Waals surface area contributed by atoms with Crippen LogP contribution < -0.4 is 4.90 Å². The van der Waals surface area contributed by atoms with E-state index in [1.807, 2.05) is 11.8 Å². The number of hydrogen-bond acceptors (Lipinski definition) is 5. The second-order valence-electron chi connectivity index (χ2n) is 6.06. The molecule has 0 N–H and O–H groups in total. The SMILES string of the molecule is C[C@H]1COCCN1c1cc(Cl)nc(-n2c(C(F)F)nc3ccccc32)n1. The topological polar surface area (TPSA) is 56.1 Å². The maximum atomic E-state index is 13.6. The van der Waals surface area contributed by atoms with Gasteiger partial charge in [0.15, 0.2) is 5.82 Å². The van der Waals surface area contributed by atoms with Crippen molar-refractivity contribution in [3.8, 4) is 5.95 Å². The summed E-state index contributed by atoms with van der Waals surface area (Å²) in [6.45, 7) is 3.78. The Labute approximate surface area is 153 Å². The molecule has 0 unspecified atom stereocenters. The fraction of sp³-hybridized carbons (Fsp3) is 0.353. The smallest absolute Gasteiger partial charge is 0.296 e. The Balaban J connectivity index is 1.88. The van der Waals surface area contributed by atoms with Gasteiger partial charge in [0.25, 0.3) is 6.43 Å². The van der Waals surface area contributed by atoms with E-state index in [4.69, 9.17) is 16.3 Å². The largest absolute Gasteiger partial charge is 0.377 e. The lowest BCUT2D eigenvalue weighted by molar-refractivity contribution is 0.0985. The van der Waals surface area contributed by atoms with Crippen molar-refractivity contribution in [2.75, 3.05) is 24.7 Å². The van der Waals surface area contributed by atoms with E-state index in [9.17, 15) is 8.78 Å². The van der Waals surface area contributed by atoms with Crippen LogP contribution in [0.15, 0.2) is 30.3 Å². The zero-order valence-corrected chi connectivity index (χ0v) is 14.7. The number of fused-ring (bicyclic) bond motifs is 1. The summed E-state index contributed by atoms with van der Waals surface area (Å²) < 4.78 is 33.8. The molecule has 9 heteroatoms. The summed E-state index contributed by atoms with van der Waals surface area (Å²) in [6.07, 6.45) is -2.77. The van der Waals surface area contributed by atoms with E-state index in [1.54, 1.807) is 30.3 Å². The molecule has 0 saturated carbocycles. The third-order valence-corrected chi connectivity index (χ3v) is 4.51. The molecule has 1 atom stereocenters. The molecule has 1 saturated heterocycles. The molecule has 26 heavy (non-hydrogen) atoms. The van der Waals surface area contributed by atoms with Crippen LogP contribution in [0, 0.1) is 0 Å². The first kappa shape index (κ1) is 17.1. The Hall–Kier alpha value is -2.32. The molecule has 0 spiro atoms. The fourth-order valence-electron chi connectivity index (χ4n) is 3.11.